The van der Waals surface area contributed by atoms with E-state index in [0.717, 1.165) is 24.8 Å². The average Bonchev–Trinajstić information content (AvgIpc) is 2.88. The molecule has 5 atom stereocenters. The lowest BCUT2D eigenvalue weighted by Gasteiger charge is -2.40. The van der Waals surface area contributed by atoms with Crippen LogP contribution in [0.1, 0.15) is 45.6 Å². The van der Waals surface area contributed by atoms with E-state index < -0.39 is 16.4 Å². The zero-order valence-electron chi connectivity index (χ0n) is 14.7. The molecule has 0 spiro atoms. The maximum Gasteiger partial charge on any atom is 0.106 e. The molecule has 1 aromatic carbocycles. The Morgan fingerprint density at radius 1 is 1.33 bits per heavy atom. The Morgan fingerprint density at radius 3 is 2.54 bits per heavy atom. The highest BCUT2D eigenvalue weighted by molar-refractivity contribution is 7.88. The van der Waals surface area contributed by atoms with Gasteiger partial charge in [-0.3, -0.25) is 4.21 Å². The van der Waals surface area contributed by atoms with Crippen molar-refractivity contribution >= 4 is 10.8 Å². The van der Waals surface area contributed by atoms with Crippen LogP contribution in [0.3, 0.4) is 0 Å². The third-order valence-electron chi connectivity index (χ3n) is 6.69. The molecule has 24 heavy (non-hydrogen) atoms. The second-order valence-corrected chi connectivity index (χ2v) is 9.53. The first-order valence-electron chi connectivity index (χ1n) is 8.71. The molecule has 0 radical (unpaired) electrons. The molecule has 0 saturated heterocycles. The van der Waals surface area contributed by atoms with Crippen molar-refractivity contribution in [2.45, 2.75) is 51.7 Å². The molecule has 3 nitrogen and oxygen atoms in total. The van der Waals surface area contributed by atoms with Gasteiger partial charge in [-0.05, 0) is 49.2 Å². The van der Waals surface area contributed by atoms with Crippen LogP contribution in [0.15, 0.2) is 41.8 Å². The predicted molar refractivity (Wildman–Crippen MR) is 97.7 cm³/mol. The van der Waals surface area contributed by atoms with Gasteiger partial charge in [-0.1, -0.05) is 44.2 Å². The minimum absolute atomic E-state index is 0.0257. The third kappa shape index (κ3) is 2.79. The van der Waals surface area contributed by atoms with Gasteiger partial charge in [-0.15, -0.1) is 0 Å². The molecule has 1 unspecified atom stereocenters. The number of benzene rings is 1. The number of rotatable bonds is 5. The van der Waals surface area contributed by atoms with Crippen LogP contribution in [0.25, 0.3) is 0 Å². The van der Waals surface area contributed by atoms with E-state index in [4.69, 9.17) is 0 Å². The van der Waals surface area contributed by atoms with E-state index in [1.807, 2.05) is 30.3 Å². The Morgan fingerprint density at radius 2 is 2.00 bits per heavy atom. The van der Waals surface area contributed by atoms with Crippen LogP contribution in [-0.2, 0) is 16.4 Å². The van der Waals surface area contributed by atoms with E-state index in [2.05, 4.69) is 13.8 Å². The van der Waals surface area contributed by atoms with Crippen LogP contribution in [-0.4, -0.2) is 26.3 Å². The van der Waals surface area contributed by atoms with E-state index in [1.54, 1.807) is 18.4 Å². The molecular formula is C20H28O3S. The Balaban J connectivity index is 1.74. The molecule has 132 valence electrons. The van der Waals surface area contributed by atoms with Crippen LogP contribution in [0, 0.1) is 16.7 Å². The van der Waals surface area contributed by atoms with Crippen molar-refractivity contribution in [3.8, 4) is 0 Å². The van der Waals surface area contributed by atoms with Gasteiger partial charge in [0.2, 0.25) is 0 Å². The van der Waals surface area contributed by atoms with Crippen molar-refractivity contribution in [2.24, 2.45) is 16.7 Å². The van der Waals surface area contributed by atoms with Gasteiger partial charge in [0.1, 0.15) is 5.60 Å². The summed E-state index contributed by atoms with van der Waals surface area (Å²) in [7, 11) is -1.21. The van der Waals surface area contributed by atoms with Gasteiger partial charge < -0.3 is 10.2 Å². The molecule has 2 N–H and O–H groups in total. The van der Waals surface area contributed by atoms with Gasteiger partial charge >= 0.3 is 0 Å². The summed E-state index contributed by atoms with van der Waals surface area (Å²) in [4.78, 5) is 0. The summed E-state index contributed by atoms with van der Waals surface area (Å²) in [6.07, 6.45) is 4.15. The summed E-state index contributed by atoms with van der Waals surface area (Å²) >= 11 is 0. The quantitative estimate of drug-likeness (QED) is 0.858. The number of aliphatic hydroxyl groups excluding tert-OH is 1. The largest absolute Gasteiger partial charge is 0.392 e. The summed E-state index contributed by atoms with van der Waals surface area (Å²) in [5.41, 5.74) is -0.599. The van der Waals surface area contributed by atoms with Gasteiger partial charge in [-0.25, -0.2) is 0 Å². The summed E-state index contributed by atoms with van der Waals surface area (Å²) in [6, 6.07) is 9.38. The van der Waals surface area contributed by atoms with E-state index in [9.17, 15) is 14.4 Å². The van der Waals surface area contributed by atoms with Crippen molar-refractivity contribution in [3.63, 3.8) is 0 Å². The van der Waals surface area contributed by atoms with Crippen LogP contribution < -0.4 is 0 Å². The molecule has 2 bridgehead atoms. The van der Waals surface area contributed by atoms with Gasteiger partial charge in [0.05, 0.1) is 6.10 Å². The monoisotopic (exact) mass is 348 g/mol. The normalized spacial score (nSPS) is 35.2. The first kappa shape index (κ1) is 17.8. The van der Waals surface area contributed by atoms with E-state index >= 15 is 0 Å². The lowest BCUT2D eigenvalue weighted by atomic mass is 9.70. The third-order valence-corrected chi connectivity index (χ3v) is 7.93. The van der Waals surface area contributed by atoms with E-state index in [0.29, 0.717) is 11.7 Å². The first-order chi connectivity index (χ1) is 11.2. The number of fused-ring (bicyclic) bond motifs is 2. The predicted octanol–water partition coefficient (Wildman–Crippen LogP) is 3.34. The molecule has 2 aliphatic rings. The van der Waals surface area contributed by atoms with Gasteiger partial charge in [-0.2, -0.15) is 0 Å². The highest BCUT2D eigenvalue weighted by Gasteiger charge is 2.63. The van der Waals surface area contributed by atoms with E-state index in [-0.39, 0.29) is 16.9 Å². The Kier molecular flexibility index (Phi) is 4.52. The standard InChI is InChI=1S/C20H28O3S/c1-18(2)16-9-10-20(18,17(21)13-16)14-24(23)12-11-19(3,22)15-7-5-4-6-8-15/h4-8,11-12,16-17,21-22H,9-10,13-14H2,1-3H3/b12-11+/t16-,17-,19+,20-,24?/m1/s1. The first-order valence-corrected chi connectivity index (χ1v) is 10.1. The molecule has 1 aromatic rings. The smallest absolute Gasteiger partial charge is 0.106 e. The van der Waals surface area contributed by atoms with Crippen LogP contribution in [0.2, 0.25) is 0 Å². The van der Waals surface area contributed by atoms with Crippen molar-refractivity contribution in [2.75, 3.05) is 5.75 Å². The number of hydrogen-bond donors (Lipinski definition) is 2. The summed E-state index contributed by atoms with van der Waals surface area (Å²) in [5.74, 6) is 1.000. The summed E-state index contributed by atoms with van der Waals surface area (Å²) in [5, 5.41) is 22.8. The highest BCUT2D eigenvalue weighted by Crippen LogP contribution is 2.65. The SMILES string of the molecule is CC1(C)[C@@H]2CC[C@@]1(CS(=O)/C=C/[C@](C)(O)c1ccccc1)[C@H](O)C2. The molecule has 0 aromatic heterocycles. The molecular weight excluding hydrogens is 320 g/mol. The number of hydrogen-bond acceptors (Lipinski definition) is 3. The molecule has 4 heteroatoms. The maximum absolute atomic E-state index is 12.7. The minimum Gasteiger partial charge on any atom is -0.392 e. The summed E-state index contributed by atoms with van der Waals surface area (Å²) in [6.45, 7) is 6.12. The fourth-order valence-electron chi connectivity index (χ4n) is 4.76. The van der Waals surface area contributed by atoms with Crippen molar-refractivity contribution < 1.29 is 14.4 Å². The lowest BCUT2D eigenvalue weighted by molar-refractivity contribution is 0.0162. The fourth-order valence-corrected chi connectivity index (χ4v) is 6.49. The second-order valence-electron chi connectivity index (χ2n) is 8.21. The van der Waals surface area contributed by atoms with Crippen LogP contribution >= 0.6 is 0 Å². The summed E-state index contributed by atoms with van der Waals surface area (Å²) < 4.78 is 12.7. The topological polar surface area (TPSA) is 57.5 Å². The van der Waals surface area contributed by atoms with Gasteiger partial charge in [0, 0.05) is 27.4 Å². The van der Waals surface area contributed by atoms with Crippen molar-refractivity contribution in [3.05, 3.63) is 47.4 Å². The average molecular weight is 349 g/mol. The van der Waals surface area contributed by atoms with Gasteiger partial charge in [0.15, 0.2) is 0 Å². The molecule has 3 rings (SSSR count). The van der Waals surface area contributed by atoms with Crippen LogP contribution in [0.5, 0.6) is 0 Å². The second kappa shape index (κ2) is 6.08. The highest BCUT2D eigenvalue weighted by atomic mass is 32.2. The maximum atomic E-state index is 12.7. The van der Waals surface area contributed by atoms with Crippen LogP contribution in [0.4, 0.5) is 0 Å². The van der Waals surface area contributed by atoms with Crippen molar-refractivity contribution in [1.82, 2.24) is 0 Å². The van der Waals surface area contributed by atoms with Crippen molar-refractivity contribution in [1.29, 1.82) is 0 Å². The molecule has 0 amide bonds. The Labute approximate surface area is 147 Å². The zero-order valence-corrected chi connectivity index (χ0v) is 15.6. The van der Waals surface area contributed by atoms with Gasteiger partial charge in [0.25, 0.3) is 0 Å². The Hall–Kier alpha value is -0.970. The molecule has 0 heterocycles. The molecule has 2 saturated carbocycles. The molecule has 2 fully saturated rings. The number of aliphatic hydroxyl groups is 2. The minimum atomic E-state index is -1.21. The van der Waals surface area contributed by atoms with E-state index in [1.165, 1.54) is 0 Å². The zero-order chi connectivity index (χ0) is 17.6. The lowest BCUT2D eigenvalue weighted by Crippen LogP contribution is -2.43. The fraction of sp³-hybridized carbons (Fsp3) is 0.600. The Bertz CT molecular complexity index is 650. The molecule has 0 aliphatic heterocycles. The molecule has 2 aliphatic carbocycles.